The van der Waals surface area contributed by atoms with Crippen molar-refractivity contribution in [1.29, 1.82) is 0 Å². The first kappa shape index (κ1) is 18.2. The van der Waals surface area contributed by atoms with Crippen molar-refractivity contribution in [2.45, 2.75) is 6.04 Å². The lowest BCUT2D eigenvalue weighted by Gasteiger charge is -2.35. The Labute approximate surface area is 153 Å². The van der Waals surface area contributed by atoms with Gasteiger partial charge in [0.25, 0.3) is 5.91 Å². The molecule has 2 aromatic rings. The van der Waals surface area contributed by atoms with Crippen LogP contribution in [0.2, 0.25) is 0 Å². The highest BCUT2D eigenvalue weighted by Gasteiger charge is 2.24. The van der Waals surface area contributed by atoms with Crippen molar-refractivity contribution in [3.05, 3.63) is 59.7 Å². The minimum atomic E-state index is -0.283. The second-order valence-electron chi connectivity index (χ2n) is 6.16. The number of ether oxygens (including phenoxy) is 2. The van der Waals surface area contributed by atoms with Crippen molar-refractivity contribution in [2.24, 2.45) is 0 Å². The lowest BCUT2D eigenvalue weighted by atomic mass is 10.0. The highest BCUT2D eigenvalue weighted by atomic mass is 16.5. The van der Waals surface area contributed by atoms with Gasteiger partial charge in [-0.25, -0.2) is 0 Å². The SMILES string of the molecule is COc1ccc(C(CNC(=O)c2ccccc2O)N2CCOCC2)cc1. The van der Waals surface area contributed by atoms with Crippen molar-refractivity contribution in [3.8, 4) is 11.5 Å². The van der Waals surface area contributed by atoms with Crippen LogP contribution in [-0.2, 0) is 4.74 Å². The molecule has 0 radical (unpaired) electrons. The molecular weight excluding hydrogens is 332 g/mol. The molecule has 6 heteroatoms. The van der Waals surface area contributed by atoms with Gasteiger partial charge in [0, 0.05) is 19.6 Å². The number of aromatic hydroxyl groups is 1. The smallest absolute Gasteiger partial charge is 0.255 e. The van der Waals surface area contributed by atoms with Gasteiger partial charge in [-0.15, -0.1) is 0 Å². The van der Waals surface area contributed by atoms with Gasteiger partial charge in [-0.2, -0.15) is 0 Å². The third-order valence-electron chi connectivity index (χ3n) is 4.59. The van der Waals surface area contributed by atoms with E-state index < -0.39 is 0 Å². The van der Waals surface area contributed by atoms with E-state index in [1.807, 2.05) is 24.3 Å². The molecule has 0 aromatic heterocycles. The molecule has 1 aliphatic heterocycles. The largest absolute Gasteiger partial charge is 0.507 e. The number of rotatable bonds is 6. The van der Waals surface area contributed by atoms with Gasteiger partial charge in [-0.05, 0) is 29.8 Å². The van der Waals surface area contributed by atoms with Gasteiger partial charge in [0.2, 0.25) is 0 Å². The maximum absolute atomic E-state index is 12.5. The van der Waals surface area contributed by atoms with Crippen molar-refractivity contribution in [3.63, 3.8) is 0 Å². The molecule has 1 unspecified atom stereocenters. The summed E-state index contributed by atoms with van der Waals surface area (Å²) in [5.74, 6) is 0.500. The van der Waals surface area contributed by atoms with E-state index in [1.54, 1.807) is 25.3 Å². The van der Waals surface area contributed by atoms with Crippen LogP contribution in [0, 0.1) is 0 Å². The molecule has 1 amide bonds. The number of carbonyl (C=O) groups is 1. The molecule has 2 aromatic carbocycles. The molecular formula is C20H24N2O4. The number of carbonyl (C=O) groups excluding carboxylic acids is 1. The predicted molar refractivity (Wildman–Crippen MR) is 98.6 cm³/mol. The Morgan fingerprint density at radius 3 is 2.54 bits per heavy atom. The molecule has 138 valence electrons. The van der Waals surface area contributed by atoms with Crippen LogP contribution in [0.5, 0.6) is 11.5 Å². The summed E-state index contributed by atoms with van der Waals surface area (Å²) >= 11 is 0. The standard InChI is InChI=1S/C20H24N2O4/c1-25-16-8-6-15(7-9-16)18(22-10-12-26-13-11-22)14-21-20(24)17-4-2-3-5-19(17)23/h2-9,18,23H,10-14H2,1H3,(H,21,24). The van der Waals surface area contributed by atoms with Gasteiger partial charge in [0.05, 0.1) is 31.9 Å². The first-order valence-electron chi connectivity index (χ1n) is 8.71. The molecule has 1 atom stereocenters. The zero-order chi connectivity index (χ0) is 18.4. The van der Waals surface area contributed by atoms with Crippen LogP contribution in [0.3, 0.4) is 0 Å². The molecule has 1 saturated heterocycles. The number of phenolic OH excluding ortho intramolecular Hbond substituents is 1. The zero-order valence-electron chi connectivity index (χ0n) is 14.9. The second kappa shape index (κ2) is 8.69. The van der Waals surface area contributed by atoms with Gasteiger partial charge < -0.3 is 19.9 Å². The van der Waals surface area contributed by atoms with E-state index in [0.717, 1.165) is 24.4 Å². The summed E-state index contributed by atoms with van der Waals surface area (Å²) in [7, 11) is 1.64. The van der Waals surface area contributed by atoms with Crippen molar-refractivity contribution >= 4 is 5.91 Å². The van der Waals surface area contributed by atoms with Crippen LogP contribution in [0.4, 0.5) is 0 Å². The van der Waals surface area contributed by atoms with Gasteiger partial charge in [-0.3, -0.25) is 9.69 Å². The number of nitrogens with zero attached hydrogens (tertiary/aromatic N) is 1. The lowest BCUT2D eigenvalue weighted by molar-refractivity contribution is 0.0162. The fourth-order valence-electron chi connectivity index (χ4n) is 3.12. The number of amides is 1. The molecule has 6 nitrogen and oxygen atoms in total. The van der Waals surface area contributed by atoms with E-state index in [0.29, 0.717) is 19.8 Å². The summed E-state index contributed by atoms with van der Waals surface area (Å²) in [6.07, 6.45) is 0. The third kappa shape index (κ3) is 4.33. The average Bonchev–Trinajstić information content (AvgIpc) is 2.69. The molecule has 1 fully saturated rings. The molecule has 3 rings (SSSR count). The van der Waals surface area contributed by atoms with Crippen LogP contribution in [0.15, 0.2) is 48.5 Å². The fraction of sp³-hybridized carbons (Fsp3) is 0.350. The average molecular weight is 356 g/mol. The van der Waals surface area contributed by atoms with Crippen molar-refractivity contribution in [1.82, 2.24) is 10.2 Å². The summed E-state index contributed by atoms with van der Waals surface area (Å²) in [4.78, 5) is 14.8. The van der Waals surface area contributed by atoms with E-state index in [1.165, 1.54) is 6.07 Å². The normalized spacial score (nSPS) is 16.0. The number of benzene rings is 2. The Morgan fingerprint density at radius 1 is 1.19 bits per heavy atom. The molecule has 1 aliphatic rings. The molecule has 0 spiro atoms. The fourth-order valence-corrected chi connectivity index (χ4v) is 3.12. The summed E-state index contributed by atoms with van der Waals surface area (Å²) < 4.78 is 10.7. The Morgan fingerprint density at radius 2 is 1.88 bits per heavy atom. The van der Waals surface area contributed by atoms with E-state index in [9.17, 15) is 9.90 Å². The summed E-state index contributed by atoms with van der Waals surface area (Å²) in [6.45, 7) is 3.42. The number of methoxy groups -OCH3 is 1. The quantitative estimate of drug-likeness (QED) is 0.830. The number of hydrogen-bond acceptors (Lipinski definition) is 5. The predicted octanol–water partition coefficient (Wildman–Crippen LogP) is 2.20. The summed E-state index contributed by atoms with van der Waals surface area (Å²) in [6, 6.07) is 14.5. The Balaban J connectivity index is 1.74. The number of hydrogen-bond donors (Lipinski definition) is 2. The molecule has 1 heterocycles. The summed E-state index contributed by atoms with van der Waals surface area (Å²) in [5, 5.41) is 12.8. The first-order valence-corrected chi connectivity index (χ1v) is 8.71. The topological polar surface area (TPSA) is 71.0 Å². The lowest BCUT2D eigenvalue weighted by Crippen LogP contribution is -2.43. The zero-order valence-corrected chi connectivity index (χ0v) is 14.9. The number of nitrogens with one attached hydrogen (secondary N) is 1. The highest BCUT2D eigenvalue weighted by molar-refractivity contribution is 5.96. The molecule has 26 heavy (non-hydrogen) atoms. The van der Waals surface area contributed by atoms with Crippen LogP contribution >= 0.6 is 0 Å². The maximum Gasteiger partial charge on any atom is 0.255 e. The second-order valence-corrected chi connectivity index (χ2v) is 6.16. The monoisotopic (exact) mass is 356 g/mol. The van der Waals surface area contributed by atoms with Crippen LogP contribution in [-0.4, -0.2) is 55.9 Å². The van der Waals surface area contributed by atoms with Crippen LogP contribution in [0.1, 0.15) is 22.0 Å². The van der Waals surface area contributed by atoms with Crippen molar-refractivity contribution in [2.75, 3.05) is 40.0 Å². The number of phenols is 1. The number of morpholine rings is 1. The van der Waals surface area contributed by atoms with Gasteiger partial charge in [0.15, 0.2) is 0 Å². The number of para-hydroxylation sites is 1. The van der Waals surface area contributed by atoms with E-state index in [4.69, 9.17) is 9.47 Å². The molecule has 0 aliphatic carbocycles. The van der Waals surface area contributed by atoms with E-state index in [2.05, 4.69) is 10.2 Å². The van der Waals surface area contributed by atoms with Crippen molar-refractivity contribution < 1.29 is 19.4 Å². The van der Waals surface area contributed by atoms with Gasteiger partial charge >= 0.3 is 0 Å². The maximum atomic E-state index is 12.5. The minimum absolute atomic E-state index is 0.0163. The summed E-state index contributed by atoms with van der Waals surface area (Å²) in [5.41, 5.74) is 1.38. The van der Waals surface area contributed by atoms with E-state index in [-0.39, 0.29) is 23.3 Å². The highest BCUT2D eigenvalue weighted by Crippen LogP contribution is 2.24. The molecule has 0 bridgehead atoms. The minimum Gasteiger partial charge on any atom is -0.507 e. The van der Waals surface area contributed by atoms with E-state index >= 15 is 0 Å². The Hall–Kier alpha value is -2.57. The van der Waals surface area contributed by atoms with Gasteiger partial charge in [-0.1, -0.05) is 24.3 Å². The Kier molecular flexibility index (Phi) is 6.09. The van der Waals surface area contributed by atoms with Crippen LogP contribution in [0.25, 0.3) is 0 Å². The molecule has 0 saturated carbocycles. The third-order valence-corrected chi connectivity index (χ3v) is 4.59. The Bertz CT molecular complexity index is 727. The molecule has 2 N–H and O–H groups in total. The van der Waals surface area contributed by atoms with Crippen LogP contribution < -0.4 is 10.1 Å². The van der Waals surface area contributed by atoms with Gasteiger partial charge in [0.1, 0.15) is 11.5 Å². The first-order chi connectivity index (χ1) is 12.7.